The van der Waals surface area contributed by atoms with Crippen LogP contribution in [0, 0.1) is 5.82 Å². The van der Waals surface area contributed by atoms with E-state index in [-0.39, 0.29) is 12.4 Å². The number of ether oxygens (including phenoxy) is 1. The lowest BCUT2D eigenvalue weighted by Crippen LogP contribution is -2.36. The lowest BCUT2D eigenvalue weighted by molar-refractivity contribution is 0.122. The molecule has 1 aromatic rings. The van der Waals surface area contributed by atoms with Gasteiger partial charge in [0.25, 0.3) is 0 Å². The third kappa shape index (κ3) is 2.90. The van der Waals surface area contributed by atoms with Crippen LogP contribution in [0.2, 0.25) is 0 Å². The van der Waals surface area contributed by atoms with Gasteiger partial charge in [-0.05, 0) is 17.7 Å². The van der Waals surface area contributed by atoms with E-state index in [1.165, 1.54) is 12.1 Å². The normalized spacial score (nSPS) is 15.5. The zero-order chi connectivity index (χ0) is 12.1. The van der Waals surface area contributed by atoms with Gasteiger partial charge in [0, 0.05) is 13.1 Å². The second kappa shape index (κ2) is 5.57. The fraction of sp³-hybridized carbons (Fsp3) is 0.417. The van der Waals surface area contributed by atoms with Crippen LogP contribution < -0.4 is 4.90 Å². The first-order valence-electron chi connectivity index (χ1n) is 5.46. The number of benzene rings is 1. The van der Waals surface area contributed by atoms with E-state index in [2.05, 4.69) is 4.99 Å². The van der Waals surface area contributed by atoms with Crippen molar-refractivity contribution in [2.45, 2.75) is 6.54 Å². The molecule has 1 aliphatic rings. The number of aliphatic imine (C=N–C) groups is 1. The van der Waals surface area contributed by atoms with Gasteiger partial charge in [0.15, 0.2) is 0 Å². The first-order valence-corrected chi connectivity index (χ1v) is 5.46. The summed E-state index contributed by atoms with van der Waals surface area (Å²) in [5.74, 6) is -0.287. The molecule has 0 unspecified atom stereocenters. The highest BCUT2D eigenvalue weighted by atomic mass is 19.1. The molecular formula is C12H13FN2O2. The van der Waals surface area contributed by atoms with Crippen molar-refractivity contribution < 1.29 is 13.9 Å². The number of morpholine rings is 1. The van der Waals surface area contributed by atoms with Gasteiger partial charge in [0.05, 0.1) is 25.4 Å². The van der Waals surface area contributed by atoms with Crippen LogP contribution in [0.15, 0.2) is 23.2 Å². The topological polar surface area (TPSA) is 41.9 Å². The van der Waals surface area contributed by atoms with Gasteiger partial charge in [-0.3, -0.25) is 0 Å². The fourth-order valence-electron chi connectivity index (χ4n) is 1.83. The van der Waals surface area contributed by atoms with Gasteiger partial charge in [-0.2, -0.15) is 0 Å². The van der Waals surface area contributed by atoms with E-state index in [1.54, 1.807) is 12.1 Å². The Hall–Kier alpha value is -1.71. The van der Waals surface area contributed by atoms with Crippen molar-refractivity contribution in [2.24, 2.45) is 4.99 Å². The van der Waals surface area contributed by atoms with Gasteiger partial charge in [-0.15, -0.1) is 0 Å². The Morgan fingerprint density at radius 3 is 2.82 bits per heavy atom. The van der Waals surface area contributed by atoms with Crippen molar-refractivity contribution in [1.82, 2.24) is 0 Å². The van der Waals surface area contributed by atoms with E-state index < -0.39 is 0 Å². The second-order valence-electron chi connectivity index (χ2n) is 3.79. The molecule has 2 rings (SSSR count). The van der Waals surface area contributed by atoms with Crippen molar-refractivity contribution in [3.63, 3.8) is 0 Å². The summed E-state index contributed by atoms with van der Waals surface area (Å²) in [5.41, 5.74) is 1.25. The Morgan fingerprint density at radius 2 is 2.18 bits per heavy atom. The molecule has 0 aliphatic carbocycles. The van der Waals surface area contributed by atoms with Crippen molar-refractivity contribution in [1.29, 1.82) is 0 Å². The Labute approximate surface area is 98.7 Å². The minimum Gasteiger partial charge on any atom is -0.378 e. The van der Waals surface area contributed by atoms with Crippen molar-refractivity contribution >= 4 is 11.8 Å². The van der Waals surface area contributed by atoms with E-state index in [0.29, 0.717) is 37.6 Å². The summed E-state index contributed by atoms with van der Waals surface area (Å²) in [6.07, 6.45) is 1.44. The van der Waals surface area contributed by atoms with Crippen LogP contribution >= 0.6 is 0 Å². The maximum Gasteiger partial charge on any atom is 0.235 e. The number of rotatable bonds is 3. The summed E-state index contributed by atoms with van der Waals surface area (Å²) < 4.78 is 19.1. The molecule has 1 fully saturated rings. The molecule has 1 saturated heterocycles. The number of halogens is 1. The summed E-state index contributed by atoms with van der Waals surface area (Å²) >= 11 is 0. The summed E-state index contributed by atoms with van der Waals surface area (Å²) in [5, 5.41) is 0. The lowest BCUT2D eigenvalue weighted by Gasteiger charge is -2.29. The summed E-state index contributed by atoms with van der Waals surface area (Å²) in [4.78, 5) is 15.3. The Morgan fingerprint density at radius 1 is 1.41 bits per heavy atom. The highest BCUT2D eigenvalue weighted by Crippen LogP contribution is 2.21. The minimum atomic E-state index is -0.287. The van der Waals surface area contributed by atoms with Crippen LogP contribution in [-0.4, -0.2) is 32.4 Å². The molecule has 5 heteroatoms. The molecule has 17 heavy (non-hydrogen) atoms. The average molecular weight is 236 g/mol. The Bertz CT molecular complexity index is 438. The predicted molar refractivity (Wildman–Crippen MR) is 61.3 cm³/mol. The second-order valence-corrected chi connectivity index (χ2v) is 3.79. The smallest absolute Gasteiger partial charge is 0.235 e. The molecule has 0 radical (unpaired) electrons. The third-order valence-electron chi connectivity index (χ3n) is 2.69. The molecule has 1 aromatic carbocycles. The number of hydrogen-bond acceptors (Lipinski definition) is 4. The van der Waals surface area contributed by atoms with Crippen molar-refractivity contribution in [3.8, 4) is 0 Å². The quantitative estimate of drug-likeness (QED) is 0.590. The van der Waals surface area contributed by atoms with Gasteiger partial charge in [-0.1, -0.05) is 6.07 Å². The number of isocyanates is 1. The molecule has 0 spiro atoms. The third-order valence-corrected chi connectivity index (χ3v) is 2.69. The molecule has 0 aromatic heterocycles. The molecule has 0 amide bonds. The monoisotopic (exact) mass is 236 g/mol. The van der Waals surface area contributed by atoms with Crippen molar-refractivity contribution in [3.05, 3.63) is 29.6 Å². The van der Waals surface area contributed by atoms with Crippen LogP contribution in [0.5, 0.6) is 0 Å². The summed E-state index contributed by atoms with van der Waals surface area (Å²) in [6, 6.07) is 4.90. The zero-order valence-corrected chi connectivity index (χ0v) is 9.36. The molecule has 1 heterocycles. The minimum absolute atomic E-state index is 0.170. The van der Waals surface area contributed by atoms with Crippen LogP contribution in [0.25, 0.3) is 0 Å². The maximum absolute atomic E-state index is 13.8. The first-order chi connectivity index (χ1) is 8.31. The van der Waals surface area contributed by atoms with E-state index in [1.807, 2.05) is 4.90 Å². The van der Waals surface area contributed by atoms with Gasteiger partial charge in [-0.25, -0.2) is 14.2 Å². The van der Waals surface area contributed by atoms with E-state index >= 15 is 0 Å². The van der Waals surface area contributed by atoms with Gasteiger partial charge in [0.1, 0.15) is 5.82 Å². The Balaban J connectivity index is 2.15. The fourth-order valence-corrected chi connectivity index (χ4v) is 1.83. The van der Waals surface area contributed by atoms with E-state index in [0.717, 1.165) is 0 Å². The highest BCUT2D eigenvalue weighted by molar-refractivity contribution is 5.49. The highest BCUT2D eigenvalue weighted by Gasteiger charge is 2.14. The van der Waals surface area contributed by atoms with Gasteiger partial charge < -0.3 is 9.64 Å². The summed E-state index contributed by atoms with van der Waals surface area (Å²) in [6.45, 7) is 2.81. The molecule has 0 bridgehead atoms. The van der Waals surface area contributed by atoms with Crippen LogP contribution in [-0.2, 0) is 16.1 Å². The average Bonchev–Trinajstić information content (AvgIpc) is 2.37. The predicted octanol–water partition coefficient (Wildman–Crippen LogP) is 1.50. The largest absolute Gasteiger partial charge is 0.378 e. The molecule has 90 valence electrons. The molecule has 1 aliphatic heterocycles. The number of nitrogens with zero attached hydrogens (tertiary/aromatic N) is 2. The number of anilines is 1. The van der Waals surface area contributed by atoms with Crippen molar-refractivity contribution in [2.75, 3.05) is 31.2 Å². The van der Waals surface area contributed by atoms with Crippen LogP contribution in [0.4, 0.5) is 10.1 Å². The molecule has 0 atom stereocenters. The standard InChI is InChI=1S/C12H13FN2O2/c13-11-7-10(8-14-9-16)1-2-12(11)15-3-5-17-6-4-15/h1-2,7H,3-6,8H2. The molecular weight excluding hydrogens is 223 g/mol. The van der Waals surface area contributed by atoms with Gasteiger partial charge in [0.2, 0.25) is 6.08 Å². The zero-order valence-electron chi connectivity index (χ0n) is 9.36. The first kappa shape index (κ1) is 11.8. The molecule has 0 N–H and O–H groups in total. The number of hydrogen-bond donors (Lipinski definition) is 0. The molecule has 4 nitrogen and oxygen atoms in total. The van der Waals surface area contributed by atoms with E-state index in [9.17, 15) is 9.18 Å². The summed E-state index contributed by atoms with van der Waals surface area (Å²) in [7, 11) is 0. The van der Waals surface area contributed by atoms with Crippen LogP contribution in [0.1, 0.15) is 5.56 Å². The van der Waals surface area contributed by atoms with E-state index in [4.69, 9.17) is 4.74 Å². The Kier molecular flexibility index (Phi) is 3.85. The molecule has 0 saturated carbocycles. The number of carbonyl (C=O) groups excluding carboxylic acids is 1. The van der Waals surface area contributed by atoms with Crippen LogP contribution in [0.3, 0.4) is 0 Å². The SMILES string of the molecule is O=C=NCc1ccc(N2CCOCC2)c(F)c1. The maximum atomic E-state index is 13.8. The van der Waals surface area contributed by atoms with Gasteiger partial charge >= 0.3 is 0 Å². The lowest BCUT2D eigenvalue weighted by atomic mass is 10.1.